The van der Waals surface area contributed by atoms with Crippen molar-refractivity contribution in [2.75, 3.05) is 0 Å². The molecule has 5 nitrogen and oxygen atoms in total. The summed E-state index contributed by atoms with van der Waals surface area (Å²) < 4.78 is 1.72. The second kappa shape index (κ2) is 6.67. The number of aliphatic hydroxyl groups is 1. The third kappa shape index (κ3) is 2.97. The summed E-state index contributed by atoms with van der Waals surface area (Å²) in [6, 6.07) is 21.7. The number of hydrogen-bond donors (Lipinski definition) is 1. The Morgan fingerprint density at radius 2 is 1.70 bits per heavy atom. The van der Waals surface area contributed by atoms with E-state index in [9.17, 15) is 10.4 Å². The van der Waals surface area contributed by atoms with Gasteiger partial charge in [-0.25, -0.2) is 9.50 Å². The van der Waals surface area contributed by atoms with Crippen molar-refractivity contribution < 1.29 is 5.11 Å². The van der Waals surface area contributed by atoms with Crippen LogP contribution in [0.1, 0.15) is 22.9 Å². The second-order valence-electron chi connectivity index (χ2n) is 6.52. The van der Waals surface area contributed by atoms with Crippen molar-refractivity contribution in [1.82, 2.24) is 14.6 Å². The van der Waals surface area contributed by atoms with Gasteiger partial charge in [-0.3, -0.25) is 0 Å². The Balaban J connectivity index is 2.05. The molecule has 1 atom stereocenters. The summed E-state index contributed by atoms with van der Waals surface area (Å²) in [7, 11) is 0. The van der Waals surface area contributed by atoms with Gasteiger partial charge >= 0.3 is 0 Å². The third-order valence-corrected chi connectivity index (χ3v) is 4.62. The van der Waals surface area contributed by atoms with Gasteiger partial charge in [-0.05, 0) is 13.8 Å². The zero-order chi connectivity index (χ0) is 19.0. The molecule has 0 amide bonds. The molecule has 27 heavy (non-hydrogen) atoms. The van der Waals surface area contributed by atoms with E-state index >= 15 is 0 Å². The molecule has 0 saturated heterocycles. The highest BCUT2D eigenvalue weighted by Gasteiger charge is 2.22. The average molecular weight is 354 g/mol. The molecular formula is C22H18N4O. The molecule has 0 aliphatic carbocycles. The summed E-state index contributed by atoms with van der Waals surface area (Å²) in [4.78, 5) is 4.58. The Hall–Kier alpha value is -3.49. The number of aromatic nitrogens is 3. The number of aliphatic hydroxyl groups excluding tert-OH is 1. The van der Waals surface area contributed by atoms with Gasteiger partial charge in [-0.1, -0.05) is 60.2 Å². The van der Waals surface area contributed by atoms with Crippen molar-refractivity contribution in [3.05, 3.63) is 77.5 Å². The van der Waals surface area contributed by atoms with Crippen LogP contribution in [0.5, 0.6) is 0 Å². The first-order valence-electron chi connectivity index (χ1n) is 8.69. The minimum absolute atomic E-state index is 0.483. The largest absolute Gasteiger partial charge is 0.374 e. The van der Waals surface area contributed by atoms with E-state index in [4.69, 9.17) is 5.10 Å². The van der Waals surface area contributed by atoms with E-state index in [2.05, 4.69) is 4.98 Å². The summed E-state index contributed by atoms with van der Waals surface area (Å²) in [5, 5.41) is 24.4. The van der Waals surface area contributed by atoms with Crippen LogP contribution in [-0.4, -0.2) is 19.7 Å². The van der Waals surface area contributed by atoms with Crippen LogP contribution in [0.3, 0.4) is 0 Å². The molecular weight excluding hydrogens is 336 g/mol. The molecule has 0 saturated carbocycles. The van der Waals surface area contributed by atoms with Crippen molar-refractivity contribution in [1.29, 1.82) is 5.26 Å². The van der Waals surface area contributed by atoms with Crippen LogP contribution in [0.25, 0.3) is 28.2 Å². The fourth-order valence-corrected chi connectivity index (χ4v) is 3.26. The maximum atomic E-state index is 10.3. The molecule has 0 bridgehead atoms. The summed E-state index contributed by atoms with van der Waals surface area (Å²) in [6.45, 7) is 3.83. The van der Waals surface area contributed by atoms with Crippen LogP contribution in [-0.2, 0) is 0 Å². The van der Waals surface area contributed by atoms with E-state index in [0.717, 1.165) is 22.4 Å². The van der Waals surface area contributed by atoms with Gasteiger partial charge in [0.25, 0.3) is 0 Å². The van der Waals surface area contributed by atoms with Gasteiger partial charge in [-0.15, -0.1) is 0 Å². The molecule has 0 fully saturated rings. The molecule has 1 unspecified atom stereocenters. The number of rotatable bonds is 3. The van der Waals surface area contributed by atoms with E-state index in [0.29, 0.717) is 22.6 Å². The normalized spacial score (nSPS) is 12.1. The SMILES string of the molecule is Cc1ccc(-c2c(C(O)C#N)c(C)nc3cc(-c4ccccc4)nn23)cc1. The Morgan fingerprint density at radius 3 is 2.37 bits per heavy atom. The summed E-state index contributed by atoms with van der Waals surface area (Å²) in [5.74, 6) is 0. The quantitative estimate of drug-likeness (QED) is 0.559. The van der Waals surface area contributed by atoms with Crippen molar-refractivity contribution in [2.45, 2.75) is 20.0 Å². The van der Waals surface area contributed by atoms with Crippen LogP contribution in [0.15, 0.2) is 60.7 Å². The Kier molecular flexibility index (Phi) is 4.19. The molecule has 5 heteroatoms. The van der Waals surface area contributed by atoms with Crippen LogP contribution in [0, 0.1) is 25.2 Å². The number of benzene rings is 2. The summed E-state index contributed by atoms with van der Waals surface area (Å²) >= 11 is 0. The van der Waals surface area contributed by atoms with E-state index < -0.39 is 6.10 Å². The molecule has 0 aliphatic heterocycles. The third-order valence-electron chi connectivity index (χ3n) is 4.62. The molecule has 0 aliphatic rings. The number of fused-ring (bicyclic) bond motifs is 1. The highest BCUT2D eigenvalue weighted by atomic mass is 16.3. The fourth-order valence-electron chi connectivity index (χ4n) is 3.26. The van der Waals surface area contributed by atoms with Crippen LogP contribution in [0.2, 0.25) is 0 Å². The van der Waals surface area contributed by atoms with Crippen LogP contribution >= 0.6 is 0 Å². The lowest BCUT2D eigenvalue weighted by molar-refractivity contribution is 0.234. The van der Waals surface area contributed by atoms with Crippen LogP contribution < -0.4 is 0 Å². The van der Waals surface area contributed by atoms with Crippen molar-refractivity contribution >= 4 is 5.65 Å². The van der Waals surface area contributed by atoms with Gasteiger partial charge in [0.15, 0.2) is 11.8 Å². The summed E-state index contributed by atoms with van der Waals surface area (Å²) in [5.41, 5.74) is 6.25. The van der Waals surface area contributed by atoms with Crippen LogP contribution in [0.4, 0.5) is 0 Å². The van der Waals surface area contributed by atoms with Gasteiger partial charge in [0.2, 0.25) is 0 Å². The smallest absolute Gasteiger partial charge is 0.169 e. The maximum Gasteiger partial charge on any atom is 0.169 e. The standard InChI is InChI=1S/C22H18N4O/c1-14-8-10-17(11-9-14)22-21(19(27)13-23)15(2)24-20-12-18(25-26(20)22)16-6-4-3-5-7-16/h3-12,19,27H,1-2H3. The molecule has 4 aromatic rings. The van der Waals surface area contributed by atoms with E-state index in [1.165, 1.54) is 0 Å². The van der Waals surface area contributed by atoms with Gasteiger partial charge < -0.3 is 5.11 Å². The van der Waals surface area contributed by atoms with Crippen molar-refractivity contribution in [3.63, 3.8) is 0 Å². The first-order chi connectivity index (χ1) is 13.1. The lowest BCUT2D eigenvalue weighted by Crippen LogP contribution is -2.09. The lowest BCUT2D eigenvalue weighted by Gasteiger charge is -2.15. The topological polar surface area (TPSA) is 74.2 Å². The molecule has 4 rings (SSSR count). The highest BCUT2D eigenvalue weighted by molar-refractivity contribution is 5.72. The fraction of sp³-hybridized carbons (Fsp3) is 0.136. The zero-order valence-electron chi connectivity index (χ0n) is 15.1. The monoisotopic (exact) mass is 354 g/mol. The van der Waals surface area contributed by atoms with E-state index in [-0.39, 0.29) is 0 Å². The van der Waals surface area contributed by atoms with E-state index in [1.807, 2.05) is 80.6 Å². The van der Waals surface area contributed by atoms with Crippen molar-refractivity contribution in [2.24, 2.45) is 0 Å². The van der Waals surface area contributed by atoms with Gasteiger partial charge in [0.1, 0.15) is 0 Å². The number of aryl methyl sites for hydroxylation is 2. The predicted octanol–water partition coefficient (Wildman–Crippen LogP) is 4.24. The Labute approximate surface area is 157 Å². The van der Waals surface area contributed by atoms with Crippen molar-refractivity contribution in [3.8, 4) is 28.6 Å². The number of nitrogens with zero attached hydrogens (tertiary/aromatic N) is 4. The zero-order valence-corrected chi connectivity index (χ0v) is 15.1. The molecule has 132 valence electrons. The Bertz CT molecular complexity index is 1160. The minimum Gasteiger partial charge on any atom is -0.374 e. The predicted molar refractivity (Wildman–Crippen MR) is 104 cm³/mol. The van der Waals surface area contributed by atoms with Gasteiger partial charge in [-0.2, -0.15) is 10.4 Å². The van der Waals surface area contributed by atoms with Gasteiger partial charge in [0, 0.05) is 28.5 Å². The highest BCUT2D eigenvalue weighted by Crippen LogP contribution is 2.32. The van der Waals surface area contributed by atoms with E-state index in [1.54, 1.807) is 4.52 Å². The second-order valence-corrected chi connectivity index (χ2v) is 6.52. The first-order valence-corrected chi connectivity index (χ1v) is 8.69. The molecule has 0 radical (unpaired) electrons. The average Bonchev–Trinajstić information content (AvgIpc) is 3.11. The molecule has 2 aromatic heterocycles. The number of nitriles is 1. The summed E-state index contributed by atoms with van der Waals surface area (Å²) in [6.07, 6.45) is -1.28. The van der Waals surface area contributed by atoms with Gasteiger partial charge in [0.05, 0.1) is 17.5 Å². The molecule has 1 N–H and O–H groups in total. The lowest BCUT2D eigenvalue weighted by atomic mass is 10.00. The number of hydrogen-bond acceptors (Lipinski definition) is 4. The molecule has 2 aromatic carbocycles. The minimum atomic E-state index is -1.28. The maximum absolute atomic E-state index is 10.3. The first kappa shape index (κ1) is 17.0. The molecule has 2 heterocycles. The Morgan fingerprint density at radius 1 is 1.00 bits per heavy atom. The molecule has 0 spiro atoms.